The summed E-state index contributed by atoms with van der Waals surface area (Å²) in [6.07, 6.45) is 4.77. The van der Waals surface area contributed by atoms with E-state index in [9.17, 15) is 0 Å². The number of aromatic nitrogens is 2. The Morgan fingerprint density at radius 3 is 2.74 bits per heavy atom. The van der Waals surface area contributed by atoms with Gasteiger partial charge in [0.1, 0.15) is 11.6 Å². The Kier molecular flexibility index (Phi) is 2.90. The molecule has 0 amide bonds. The minimum atomic E-state index is 0.426. The zero-order valence-corrected chi connectivity index (χ0v) is 11.1. The Hall–Kier alpha value is -2.02. The van der Waals surface area contributed by atoms with Gasteiger partial charge in [-0.25, -0.2) is 4.98 Å². The number of nitrogens with zero attached hydrogens (tertiary/aromatic N) is 3. The predicted molar refractivity (Wildman–Crippen MR) is 75.5 cm³/mol. The van der Waals surface area contributed by atoms with Gasteiger partial charge in [0.15, 0.2) is 0 Å². The van der Waals surface area contributed by atoms with E-state index in [1.165, 1.54) is 12.8 Å². The highest BCUT2D eigenvalue weighted by atomic mass is 15.2. The molecule has 4 heteroatoms. The molecule has 0 aliphatic heterocycles. The maximum absolute atomic E-state index is 9.14. The fourth-order valence-corrected chi connectivity index (χ4v) is 3.11. The van der Waals surface area contributed by atoms with E-state index in [0.29, 0.717) is 17.6 Å². The highest BCUT2D eigenvalue weighted by molar-refractivity contribution is 5.84. The van der Waals surface area contributed by atoms with Gasteiger partial charge < -0.3 is 10.3 Å². The molecule has 1 aromatic carbocycles. The van der Waals surface area contributed by atoms with Crippen LogP contribution in [0.4, 0.5) is 5.95 Å². The zero-order chi connectivity index (χ0) is 13.4. The molecule has 0 spiro atoms. The number of nitriles is 1. The van der Waals surface area contributed by atoms with Crippen molar-refractivity contribution < 1.29 is 0 Å². The molecule has 1 aromatic heterocycles. The van der Waals surface area contributed by atoms with Crippen molar-refractivity contribution in [3.63, 3.8) is 0 Å². The molecule has 2 N–H and O–H groups in total. The second-order valence-corrected chi connectivity index (χ2v) is 5.54. The maximum Gasteiger partial charge on any atom is 0.201 e. The summed E-state index contributed by atoms with van der Waals surface area (Å²) in [4.78, 5) is 4.40. The summed E-state index contributed by atoms with van der Waals surface area (Å²) in [5.41, 5.74) is 8.42. The Labute approximate surface area is 112 Å². The summed E-state index contributed by atoms with van der Waals surface area (Å²) in [6, 6.07) is 8.33. The predicted octanol–water partition coefficient (Wildman–Crippen LogP) is 3.24. The molecule has 0 bridgehead atoms. The summed E-state index contributed by atoms with van der Waals surface area (Å²) in [5.74, 6) is 1.35. The molecule has 0 atom stereocenters. The van der Waals surface area contributed by atoms with E-state index in [1.54, 1.807) is 6.07 Å². The average molecular weight is 254 g/mol. The van der Waals surface area contributed by atoms with Crippen molar-refractivity contribution in [3.05, 3.63) is 23.8 Å². The van der Waals surface area contributed by atoms with Crippen LogP contribution in [0.3, 0.4) is 0 Å². The van der Waals surface area contributed by atoms with Gasteiger partial charge in [-0.3, -0.25) is 0 Å². The third kappa shape index (κ3) is 1.95. The second kappa shape index (κ2) is 4.58. The SMILES string of the molecule is CC1CCC(n2c(N)nc3c(C#N)cccc32)CC1. The van der Waals surface area contributed by atoms with Crippen molar-refractivity contribution in [2.75, 3.05) is 5.73 Å². The first kappa shape index (κ1) is 12.0. The average Bonchev–Trinajstić information content (AvgIpc) is 2.76. The van der Waals surface area contributed by atoms with Gasteiger partial charge in [0, 0.05) is 6.04 Å². The number of fused-ring (bicyclic) bond motifs is 1. The Morgan fingerprint density at radius 2 is 2.05 bits per heavy atom. The van der Waals surface area contributed by atoms with Gasteiger partial charge in [-0.2, -0.15) is 5.26 Å². The number of imidazole rings is 1. The Morgan fingerprint density at radius 1 is 1.32 bits per heavy atom. The maximum atomic E-state index is 9.14. The lowest BCUT2D eigenvalue weighted by atomic mass is 9.87. The molecule has 1 heterocycles. The summed E-state index contributed by atoms with van der Waals surface area (Å²) in [7, 11) is 0. The van der Waals surface area contributed by atoms with Crippen LogP contribution in [-0.2, 0) is 0 Å². The molecule has 98 valence electrons. The van der Waals surface area contributed by atoms with Crippen molar-refractivity contribution in [2.45, 2.75) is 38.6 Å². The van der Waals surface area contributed by atoms with Crippen LogP contribution in [0, 0.1) is 17.2 Å². The highest BCUT2D eigenvalue weighted by Gasteiger charge is 2.23. The fourth-order valence-electron chi connectivity index (χ4n) is 3.11. The summed E-state index contributed by atoms with van der Waals surface area (Å²) in [6.45, 7) is 2.30. The van der Waals surface area contributed by atoms with Crippen molar-refractivity contribution >= 4 is 17.0 Å². The molecule has 2 aromatic rings. The van der Waals surface area contributed by atoms with Crippen molar-refractivity contribution in [2.24, 2.45) is 5.92 Å². The van der Waals surface area contributed by atoms with Crippen LogP contribution in [-0.4, -0.2) is 9.55 Å². The number of nitrogen functional groups attached to an aromatic ring is 1. The smallest absolute Gasteiger partial charge is 0.201 e. The third-order valence-corrected chi connectivity index (χ3v) is 4.22. The molecule has 0 saturated heterocycles. The number of rotatable bonds is 1. The van der Waals surface area contributed by atoms with Crippen molar-refractivity contribution in [1.82, 2.24) is 9.55 Å². The third-order valence-electron chi connectivity index (χ3n) is 4.22. The number of benzene rings is 1. The van der Waals surface area contributed by atoms with Crippen LogP contribution in [0.1, 0.15) is 44.2 Å². The summed E-state index contributed by atoms with van der Waals surface area (Å²) in [5, 5.41) is 9.14. The first-order valence-electron chi connectivity index (χ1n) is 6.87. The van der Waals surface area contributed by atoms with Crippen LogP contribution in [0.15, 0.2) is 18.2 Å². The van der Waals surface area contributed by atoms with Crippen molar-refractivity contribution in [3.8, 4) is 6.07 Å². The Balaban J connectivity index is 2.09. The van der Waals surface area contributed by atoms with Gasteiger partial charge in [-0.15, -0.1) is 0 Å². The minimum Gasteiger partial charge on any atom is -0.369 e. The molecule has 19 heavy (non-hydrogen) atoms. The number of hydrogen-bond donors (Lipinski definition) is 1. The van der Waals surface area contributed by atoms with E-state index in [-0.39, 0.29) is 0 Å². The van der Waals surface area contributed by atoms with E-state index in [1.807, 2.05) is 12.1 Å². The van der Waals surface area contributed by atoms with E-state index in [2.05, 4.69) is 22.5 Å². The molecular weight excluding hydrogens is 236 g/mol. The first-order chi connectivity index (χ1) is 9.20. The van der Waals surface area contributed by atoms with Crippen LogP contribution in [0.25, 0.3) is 11.0 Å². The van der Waals surface area contributed by atoms with Gasteiger partial charge >= 0.3 is 0 Å². The van der Waals surface area contributed by atoms with Crippen LogP contribution in [0.2, 0.25) is 0 Å². The molecule has 3 rings (SSSR count). The molecule has 0 unspecified atom stereocenters. The molecule has 4 nitrogen and oxygen atoms in total. The van der Waals surface area contributed by atoms with E-state index in [4.69, 9.17) is 11.0 Å². The lowest BCUT2D eigenvalue weighted by Gasteiger charge is -2.28. The van der Waals surface area contributed by atoms with Crippen LogP contribution >= 0.6 is 0 Å². The second-order valence-electron chi connectivity index (χ2n) is 5.54. The largest absolute Gasteiger partial charge is 0.369 e. The molecule has 1 aliphatic rings. The van der Waals surface area contributed by atoms with Gasteiger partial charge in [-0.1, -0.05) is 13.0 Å². The number of para-hydroxylation sites is 1. The van der Waals surface area contributed by atoms with Crippen LogP contribution in [0.5, 0.6) is 0 Å². The summed E-state index contributed by atoms with van der Waals surface area (Å²) >= 11 is 0. The lowest BCUT2D eigenvalue weighted by molar-refractivity contribution is 0.296. The monoisotopic (exact) mass is 254 g/mol. The quantitative estimate of drug-likeness (QED) is 0.849. The molecule has 0 radical (unpaired) electrons. The normalized spacial score (nSPS) is 23.4. The van der Waals surface area contributed by atoms with E-state index in [0.717, 1.165) is 29.8 Å². The number of nitrogens with two attached hydrogens (primary N) is 1. The zero-order valence-electron chi connectivity index (χ0n) is 11.1. The lowest BCUT2D eigenvalue weighted by Crippen LogP contribution is -2.18. The molecule has 1 aliphatic carbocycles. The fraction of sp³-hybridized carbons (Fsp3) is 0.467. The van der Waals surface area contributed by atoms with Gasteiger partial charge in [0.05, 0.1) is 11.1 Å². The minimum absolute atomic E-state index is 0.426. The van der Waals surface area contributed by atoms with E-state index >= 15 is 0 Å². The van der Waals surface area contributed by atoms with Gasteiger partial charge in [-0.05, 0) is 43.7 Å². The van der Waals surface area contributed by atoms with Crippen molar-refractivity contribution in [1.29, 1.82) is 5.26 Å². The van der Waals surface area contributed by atoms with Gasteiger partial charge in [0.2, 0.25) is 5.95 Å². The highest BCUT2D eigenvalue weighted by Crippen LogP contribution is 2.36. The van der Waals surface area contributed by atoms with Crippen LogP contribution < -0.4 is 5.73 Å². The Bertz CT molecular complexity index is 642. The molecule has 1 saturated carbocycles. The molecule has 1 fully saturated rings. The standard InChI is InChI=1S/C15H18N4/c1-10-5-7-12(8-6-10)19-13-4-2-3-11(9-16)14(13)18-15(19)17/h2-4,10,12H,5-8H2,1H3,(H2,17,18). The number of hydrogen-bond acceptors (Lipinski definition) is 3. The first-order valence-corrected chi connectivity index (χ1v) is 6.87. The van der Waals surface area contributed by atoms with Gasteiger partial charge in [0.25, 0.3) is 0 Å². The topological polar surface area (TPSA) is 67.6 Å². The number of anilines is 1. The molecular formula is C15H18N4. The van der Waals surface area contributed by atoms with E-state index < -0.39 is 0 Å². The summed E-state index contributed by atoms with van der Waals surface area (Å²) < 4.78 is 2.13.